The van der Waals surface area contributed by atoms with Crippen molar-refractivity contribution < 1.29 is 9.59 Å². The number of pyridine rings is 1. The smallest absolute Gasteiger partial charge is 0.274 e. The van der Waals surface area contributed by atoms with E-state index in [1.165, 1.54) is 23.8 Å². The van der Waals surface area contributed by atoms with Crippen LogP contribution in [0.25, 0.3) is 0 Å². The highest BCUT2D eigenvalue weighted by atomic mass is 32.1. The van der Waals surface area contributed by atoms with E-state index in [0.29, 0.717) is 23.1 Å². The van der Waals surface area contributed by atoms with Crippen molar-refractivity contribution in [1.29, 1.82) is 0 Å². The third kappa shape index (κ3) is 4.92. The number of benzene rings is 1. The minimum absolute atomic E-state index is 0.0835. The number of aromatic nitrogens is 3. The van der Waals surface area contributed by atoms with Crippen LogP contribution in [-0.4, -0.2) is 33.4 Å². The van der Waals surface area contributed by atoms with Crippen LogP contribution in [0, 0.1) is 0 Å². The molecule has 162 valence electrons. The van der Waals surface area contributed by atoms with E-state index in [4.69, 9.17) is 0 Å². The summed E-state index contributed by atoms with van der Waals surface area (Å²) in [5, 5.41) is 5.43. The van der Waals surface area contributed by atoms with Gasteiger partial charge < -0.3 is 9.47 Å². The molecule has 0 radical (unpaired) electrons. The van der Waals surface area contributed by atoms with E-state index in [0.717, 1.165) is 17.7 Å². The lowest BCUT2D eigenvalue weighted by atomic mass is 10.1. The van der Waals surface area contributed by atoms with E-state index in [9.17, 15) is 9.59 Å². The lowest BCUT2D eigenvalue weighted by Gasteiger charge is -2.19. The first kappa shape index (κ1) is 21.5. The zero-order valence-corrected chi connectivity index (χ0v) is 18.7. The SMILES string of the molecule is CC(=O)N(C)c1cnccc1Cn1cccc1C(=O)Nc1nc(Cc2ccccc2)cs1. The normalized spacial score (nSPS) is 10.7. The van der Waals surface area contributed by atoms with Crippen LogP contribution in [-0.2, 0) is 17.8 Å². The summed E-state index contributed by atoms with van der Waals surface area (Å²) in [4.78, 5) is 35.0. The minimum atomic E-state index is -0.230. The number of nitrogens with zero attached hydrogens (tertiary/aromatic N) is 4. The molecule has 0 saturated heterocycles. The zero-order chi connectivity index (χ0) is 22.5. The van der Waals surface area contributed by atoms with E-state index in [-0.39, 0.29) is 11.8 Å². The Bertz CT molecular complexity index is 1230. The molecule has 4 aromatic rings. The van der Waals surface area contributed by atoms with E-state index in [1.54, 1.807) is 30.4 Å². The van der Waals surface area contributed by atoms with Crippen molar-refractivity contribution in [2.24, 2.45) is 0 Å². The summed E-state index contributed by atoms with van der Waals surface area (Å²) >= 11 is 1.41. The Morgan fingerprint density at radius 3 is 2.72 bits per heavy atom. The number of thiazole rings is 1. The van der Waals surface area contributed by atoms with Gasteiger partial charge in [-0.3, -0.25) is 19.9 Å². The molecule has 3 heterocycles. The monoisotopic (exact) mass is 445 g/mol. The highest BCUT2D eigenvalue weighted by Gasteiger charge is 2.16. The van der Waals surface area contributed by atoms with Gasteiger partial charge in [-0.25, -0.2) is 4.98 Å². The van der Waals surface area contributed by atoms with Crippen molar-refractivity contribution in [3.8, 4) is 0 Å². The molecular formula is C24H23N5O2S. The molecule has 32 heavy (non-hydrogen) atoms. The maximum absolute atomic E-state index is 12.9. The topological polar surface area (TPSA) is 80.1 Å². The van der Waals surface area contributed by atoms with E-state index in [2.05, 4.69) is 27.4 Å². The average Bonchev–Trinajstić information content (AvgIpc) is 3.43. The van der Waals surface area contributed by atoms with Crippen LogP contribution in [0.1, 0.15) is 34.2 Å². The number of nitrogens with one attached hydrogen (secondary N) is 1. The molecule has 0 aliphatic heterocycles. The Labute approximate surface area is 190 Å². The molecule has 4 rings (SSSR count). The predicted octanol–water partition coefficient (Wildman–Crippen LogP) is 4.21. The summed E-state index contributed by atoms with van der Waals surface area (Å²) in [6, 6.07) is 15.5. The van der Waals surface area contributed by atoms with Gasteiger partial charge in [-0.2, -0.15) is 0 Å². The van der Waals surface area contributed by atoms with Gasteiger partial charge in [0, 0.05) is 44.7 Å². The van der Waals surface area contributed by atoms with Gasteiger partial charge in [0.25, 0.3) is 5.91 Å². The van der Waals surface area contributed by atoms with Crippen LogP contribution in [0.5, 0.6) is 0 Å². The van der Waals surface area contributed by atoms with Gasteiger partial charge in [-0.15, -0.1) is 11.3 Å². The highest BCUT2D eigenvalue weighted by Crippen LogP contribution is 2.22. The fourth-order valence-corrected chi connectivity index (χ4v) is 4.08. The molecule has 0 aliphatic carbocycles. The van der Waals surface area contributed by atoms with E-state index >= 15 is 0 Å². The number of carbonyl (C=O) groups excluding carboxylic acids is 2. The number of hydrogen-bond acceptors (Lipinski definition) is 5. The molecule has 1 aromatic carbocycles. The third-order valence-electron chi connectivity index (χ3n) is 5.12. The second kappa shape index (κ2) is 9.57. The molecule has 0 bridgehead atoms. The van der Waals surface area contributed by atoms with Gasteiger partial charge in [0.05, 0.1) is 17.6 Å². The Balaban J connectivity index is 1.48. The van der Waals surface area contributed by atoms with Crippen LogP contribution in [0.3, 0.4) is 0 Å². The minimum Gasteiger partial charge on any atom is -0.339 e. The quantitative estimate of drug-likeness (QED) is 0.462. The number of amides is 2. The van der Waals surface area contributed by atoms with Crippen LogP contribution in [0.15, 0.2) is 72.5 Å². The lowest BCUT2D eigenvalue weighted by Crippen LogP contribution is -2.25. The largest absolute Gasteiger partial charge is 0.339 e. The molecule has 0 atom stereocenters. The molecule has 0 fully saturated rings. The Hall–Kier alpha value is -3.78. The average molecular weight is 446 g/mol. The Morgan fingerprint density at radius 2 is 1.94 bits per heavy atom. The highest BCUT2D eigenvalue weighted by molar-refractivity contribution is 7.14. The molecule has 0 spiro atoms. The predicted molar refractivity (Wildman–Crippen MR) is 126 cm³/mol. The third-order valence-corrected chi connectivity index (χ3v) is 5.93. The summed E-state index contributed by atoms with van der Waals surface area (Å²) in [6.45, 7) is 1.94. The Kier molecular flexibility index (Phi) is 6.42. The molecular weight excluding hydrogens is 422 g/mol. The zero-order valence-electron chi connectivity index (χ0n) is 17.9. The first-order valence-electron chi connectivity index (χ1n) is 10.1. The van der Waals surface area contributed by atoms with Gasteiger partial charge in [-0.1, -0.05) is 30.3 Å². The first-order chi connectivity index (χ1) is 15.5. The summed E-state index contributed by atoms with van der Waals surface area (Å²) < 4.78 is 1.85. The number of carbonyl (C=O) groups is 2. The van der Waals surface area contributed by atoms with Crippen molar-refractivity contribution in [3.63, 3.8) is 0 Å². The van der Waals surface area contributed by atoms with Crippen molar-refractivity contribution in [3.05, 3.63) is 95.0 Å². The lowest BCUT2D eigenvalue weighted by molar-refractivity contribution is -0.116. The molecule has 0 aliphatic rings. The van der Waals surface area contributed by atoms with Crippen LogP contribution < -0.4 is 10.2 Å². The van der Waals surface area contributed by atoms with Crippen LogP contribution in [0.2, 0.25) is 0 Å². The molecule has 0 saturated carbocycles. The molecule has 1 N–H and O–H groups in total. The van der Waals surface area contributed by atoms with E-state index in [1.807, 2.05) is 46.5 Å². The molecule has 3 aromatic heterocycles. The molecule has 7 nitrogen and oxygen atoms in total. The summed E-state index contributed by atoms with van der Waals surface area (Å²) in [6.07, 6.45) is 5.90. The summed E-state index contributed by atoms with van der Waals surface area (Å²) in [5.41, 5.74) is 4.21. The fourth-order valence-electron chi connectivity index (χ4n) is 3.37. The second-order valence-corrected chi connectivity index (χ2v) is 8.22. The van der Waals surface area contributed by atoms with Crippen molar-refractivity contribution in [1.82, 2.24) is 14.5 Å². The maximum Gasteiger partial charge on any atom is 0.274 e. The first-order valence-corrected chi connectivity index (χ1v) is 11.0. The maximum atomic E-state index is 12.9. The molecule has 2 amide bonds. The Morgan fingerprint density at radius 1 is 1.12 bits per heavy atom. The molecule has 0 unspecified atom stereocenters. The standard InChI is InChI=1S/C24H23N5O2S/c1-17(30)28(2)22-14-25-11-10-19(22)15-29-12-6-9-21(29)23(31)27-24-26-20(16-32-24)13-18-7-4-3-5-8-18/h3-12,14,16H,13,15H2,1-2H3,(H,26,27,31). The number of hydrogen-bond donors (Lipinski definition) is 1. The summed E-state index contributed by atoms with van der Waals surface area (Å²) in [7, 11) is 1.71. The van der Waals surface area contributed by atoms with Gasteiger partial charge in [0.1, 0.15) is 5.69 Å². The van der Waals surface area contributed by atoms with E-state index < -0.39 is 0 Å². The van der Waals surface area contributed by atoms with Gasteiger partial charge in [-0.05, 0) is 29.3 Å². The summed E-state index contributed by atoms with van der Waals surface area (Å²) in [5.74, 6) is -0.314. The van der Waals surface area contributed by atoms with Crippen LogP contribution >= 0.6 is 11.3 Å². The molecule has 8 heteroatoms. The fraction of sp³-hybridized carbons (Fsp3) is 0.167. The number of rotatable bonds is 7. The van der Waals surface area contributed by atoms with Crippen molar-refractivity contribution >= 4 is 34.0 Å². The second-order valence-electron chi connectivity index (χ2n) is 7.36. The van der Waals surface area contributed by atoms with Crippen molar-refractivity contribution in [2.75, 3.05) is 17.3 Å². The van der Waals surface area contributed by atoms with Gasteiger partial charge >= 0.3 is 0 Å². The van der Waals surface area contributed by atoms with Gasteiger partial charge in [0.15, 0.2) is 5.13 Å². The van der Waals surface area contributed by atoms with Crippen molar-refractivity contribution in [2.45, 2.75) is 19.9 Å². The number of anilines is 2. The van der Waals surface area contributed by atoms with Crippen LogP contribution in [0.4, 0.5) is 10.8 Å². The van der Waals surface area contributed by atoms with Gasteiger partial charge in [0.2, 0.25) is 5.91 Å².